The molecule has 0 saturated carbocycles. The maximum absolute atomic E-state index is 6.24. The van der Waals surface area contributed by atoms with Crippen molar-refractivity contribution >= 4 is 41.5 Å². The summed E-state index contributed by atoms with van der Waals surface area (Å²) in [6.45, 7) is 6.32. The van der Waals surface area contributed by atoms with Crippen LogP contribution in [0.25, 0.3) is 0 Å². The van der Waals surface area contributed by atoms with Crippen LogP contribution in [0.2, 0.25) is 5.02 Å². The Labute approximate surface area is 201 Å². The number of ether oxygens (including phenoxy) is 2. The van der Waals surface area contributed by atoms with Gasteiger partial charge in [0.15, 0.2) is 5.96 Å². The van der Waals surface area contributed by atoms with E-state index in [0.29, 0.717) is 25.8 Å². The van der Waals surface area contributed by atoms with E-state index in [4.69, 9.17) is 26.1 Å². The molecule has 0 unspecified atom stereocenters. The monoisotopic (exact) mass is 543 g/mol. The summed E-state index contributed by atoms with van der Waals surface area (Å²) in [5.74, 6) is 0.774. The van der Waals surface area contributed by atoms with Gasteiger partial charge in [-0.05, 0) is 42.5 Å². The summed E-state index contributed by atoms with van der Waals surface area (Å²) in [4.78, 5) is 4.71. The van der Waals surface area contributed by atoms with Crippen LogP contribution in [-0.2, 0) is 29.2 Å². The molecule has 0 amide bonds. The van der Waals surface area contributed by atoms with Crippen LogP contribution in [0.4, 0.5) is 0 Å². The molecule has 5 nitrogen and oxygen atoms in total. The Balaban J connectivity index is 0.00000320. The first kappa shape index (κ1) is 24.9. The first-order chi connectivity index (χ1) is 14.2. The third-order valence-corrected chi connectivity index (χ3v) is 5.18. The number of hydrogen-bond donors (Lipinski definition) is 2. The highest BCUT2D eigenvalue weighted by Crippen LogP contribution is 2.15. The van der Waals surface area contributed by atoms with Crippen molar-refractivity contribution in [2.45, 2.75) is 45.6 Å². The zero-order valence-electron chi connectivity index (χ0n) is 17.4. The largest absolute Gasteiger partial charge is 0.381 e. The molecule has 0 spiro atoms. The highest BCUT2D eigenvalue weighted by molar-refractivity contribution is 14.0. The number of halogens is 2. The maximum Gasteiger partial charge on any atom is 0.191 e. The number of nitrogens with one attached hydrogen (secondary N) is 2. The van der Waals surface area contributed by atoms with Crippen LogP contribution in [0.5, 0.6) is 0 Å². The number of nitrogens with zero attached hydrogens (tertiary/aromatic N) is 1. The molecule has 7 heteroatoms. The Hall–Kier alpha value is -1.35. The van der Waals surface area contributed by atoms with Gasteiger partial charge < -0.3 is 20.1 Å². The fourth-order valence-corrected chi connectivity index (χ4v) is 3.41. The number of guanidine groups is 1. The number of rotatable bonds is 8. The van der Waals surface area contributed by atoms with E-state index in [1.165, 1.54) is 5.56 Å². The molecular formula is C23H31ClIN3O2. The molecule has 2 aromatic carbocycles. The zero-order chi connectivity index (χ0) is 20.3. The number of benzene rings is 2. The third kappa shape index (κ3) is 8.41. The van der Waals surface area contributed by atoms with Gasteiger partial charge in [-0.2, -0.15) is 0 Å². The van der Waals surface area contributed by atoms with Gasteiger partial charge in [0.05, 0.1) is 19.3 Å². The Morgan fingerprint density at radius 2 is 1.87 bits per heavy atom. The summed E-state index contributed by atoms with van der Waals surface area (Å²) < 4.78 is 11.4. The van der Waals surface area contributed by atoms with Crippen LogP contribution < -0.4 is 10.6 Å². The fraction of sp³-hybridized carbons (Fsp3) is 0.435. The van der Waals surface area contributed by atoms with Crippen molar-refractivity contribution in [2.24, 2.45) is 4.99 Å². The van der Waals surface area contributed by atoms with Gasteiger partial charge in [0, 0.05) is 31.3 Å². The maximum atomic E-state index is 6.24. The molecule has 0 aliphatic carbocycles. The number of aliphatic imine (C=N–C) groups is 1. The lowest BCUT2D eigenvalue weighted by Gasteiger charge is -2.22. The molecule has 1 heterocycles. The van der Waals surface area contributed by atoms with E-state index < -0.39 is 0 Å². The van der Waals surface area contributed by atoms with Crippen LogP contribution in [-0.4, -0.2) is 31.8 Å². The van der Waals surface area contributed by atoms with Crippen molar-refractivity contribution < 1.29 is 9.47 Å². The van der Waals surface area contributed by atoms with Crippen molar-refractivity contribution in [3.63, 3.8) is 0 Å². The Kier molecular flexibility index (Phi) is 11.5. The molecule has 2 aromatic rings. The van der Waals surface area contributed by atoms with E-state index in [9.17, 15) is 0 Å². The Bertz CT molecular complexity index is 798. The lowest BCUT2D eigenvalue weighted by Crippen LogP contribution is -2.36. The molecule has 0 bridgehead atoms. The summed E-state index contributed by atoms with van der Waals surface area (Å²) in [5.41, 5.74) is 3.39. The highest BCUT2D eigenvalue weighted by Gasteiger charge is 2.14. The summed E-state index contributed by atoms with van der Waals surface area (Å²) in [7, 11) is 0. The molecule has 1 fully saturated rings. The second-order valence-electron chi connectivity index (χ2n) is 7.08. The molecule has 1 saturated heterocycles. The molecular weight excluding hydrogens is 513 g/mol. The smallest absolute Gasteiger partial charge is 0.191 e. The lowest BCUT2D eigenvalue weighted by molar-refractivity contribution is -0.0390. The van der Waals surface area contributed by atoms with E-state index in [-0.39, 0.29) is 24.0 Å². The van der Waals surface area contributed by atoms with Crippen LogP contribution in [0.15, 0.2) is 53.5 Å². The minimum absolute atomic E-state index is 0. The van der Waals surface area contributed by atoms with Crippen molar-refractivity contribution in [3.8, 4) is 0 Å². The average Bonchev–Trinajstić information content (AvgIpc) is 2.76. The summed E-state index contributed by atoms with van der Waals surface area (Å²) in [6.07, 6.45) is 2.26. The molecule has 30 heavy (non-hydrogen) atoms. The van der Waals surface area contributed by atoms with Crippen molar-refractivity contribution in [1.82, 2.24) is 10.6 Å². The normalized spacial score (nSPS) is 14.8. The SMILES string of the molecule is CCNC(=NCc1cccc(COC2CCOCC2)c1)NCc1ccccc1Cl.I. The van der Waals surface area contributed by atoms with E-state index in [2.05, 4.69) is 41.8 Å². The van der Waals surface area contributed by atoms with Crippen molar-refractivity contribution in [2.75, 3.05) is 19.8 Å². The van der Waals surface area contributed by atoms with Crippen LogP contribution in [0.1, 0.15) is 36.5 Å². The summed E-state index contributed by atoms with van der Waals surface area (Å²) >= 11 is 6.24. The number of hydrogen-bond acceptors (Lipinski definition) is 3. The first-order valence-electron chi connectivity index (χ1n) is 10.3. The van der Waals surface area contributed by atoms with Gasteiger partial charge in [-0.25, -0.2) is 4.99 Å². The molecule has 0 aromatic heterocycles. The molecule has 1 aliphatic heterocycles. The minimum Gasteiger partial charge on any atom is -0.381 e. The van der Waals surface area contributed by atoms with Gasteiger partial charge in [0.2, 0.25) is 0 Å². The Morgan fingerprint density at radius 3 is 2.63 bits per heavy atom. The second-order valence-corrected chi connectivity index (χ2v) is 7.49. The zero-order valence-corrected chi connectivity index (χ0v) is 20.5. The average molecular weight is 544 g/mol. The van der Waals surface area contributed by atoms with Gasteiger partial charge in [0.25, 0.3) is 0 Å². The van der Waals surface area contributed by atoms with Gasteiger partial charge in [0.1, 0.15) is 0 Å². The van der Waals surface area contributed by atoms with Crippen LogP contribution in [0.3, 0.4) is 0 Å². The summed E-state index contributed by atoms with van der Waals surface area (Å²) in [6, 6.07) is 16.3. The van der Waals surface area contributed by atoms with Gasteiger partial charge in [-0.3, -0.25) is 0 Å². The van der Waals surface area contributed by atoms with Gasteiger partial charge in [-0.15, -0.1) is 24.0 Å². The standard InChI is InChI=1S/C23H30ClN3O2.HI/c1-2-25-23(27-16-20-8-3-4-9-22(20)24)26-15-18-6-5-7-19(14-18)17-29-21-10-12-28-13-11-21;/h3-9,14,21H,2,10-13,15-17H2,1H3,(H2,25,26,27);1H. The van der Waals surface area contributed by atoms with E-state index in [0.717, 1.165) is 54.7 Å². The minimum atomic E-state index is 0. The first-order valence-corrected chi connectivity index (χ1v) is 10.6. The van der Waals surface area contributed by atoms with Crippen LogP contribution in [0, 0.1) is 0 Å². The summed E-state index contributed by atoms with van der Waals surface area (Å²) in [5, 5.41) is 7.39. The van der Waals surface area contributed by atoms with Crippen molar-refractivity contribution in [1.29, 1.82) is 0 Å². The fourth-order valence-electron chi connectivity index (χ4n) is 3.21. The molecule has 3 rings (SSSR count). The Morgan fingerprint density at radius 1 is 1.10 bits per heavy atom. The van der Waals surface area contributed by atoms with Crippen LogP contribution >= 0.6 is 35.6 Å². The van der Waals surface area contributed by atoms with E-state index >= 15 is 0 Å². The predicted molar refractivity (Wildman–Crippen MR) is 134 cm³/mol. The highest BCUT2D eigenvalue weighted by atomic mass is 127. The molecule has 0 atom stereocenters. The topological polar surface area (TPSA) is 54.9 Å². The molecule has 164 valence electrons. The van der Waals surface area contributed by atoms with E-state index in [1.807, 2.05) is 24.3 Å². The van der Waals surface area contributed by atoms with Gasteiger partial charge in [-0.1, -0.05) is 54.1 Å². The van der Waals surface area contributed by atoms with Crippen molar-refractivity contribution in [3.05, 3.63) is 70.2 Å². The van der Waals surface area contributed by atoms with Gasteiger partial charge >= 0.3 is 0 Å². The molecule has 1 aliphatic rings. The predicted octanol–water partition coefficient (Wildman–Crippen LogP) is 4.91. The second kappa shape index (κ2) is 13.9. The quantitative estimate of drug-likeness (QED) is 0.282. The lowest BCUT2D eigenvalue weighted by atomic mass is 10.1. The van der Waals surface area contributed by atoms with E-state index in [1.54, 1.807) is 0 Å². The third-order valence-electron chi connectivity index (χ3n) is 4.81. The molecule has 0 radical (unpaired) electrons. The molecule has 2 N–H and O–H groups in total.